The smallest absolute Gasteiger partial charge is 0.341 e. The van der Waals surface area contributed by atoms with E-state index in [0.29, 0.717) is 11.2 Å². The molecule has 1 aromatic heterocycles. The fourth-order valence-electron chi connectivity index (χ4n) is 4.39. The van der Waals surface area contributed by atoms with Gasteiger partial charge < -0.3 is 25.2 Å². The number of benzene rings is 1. The van der Waals surface area contributed by atoms with Crippen molar-refractivity contribution in [3.63, 3.8) is 0 Å². The third kappa shape index (κ3) is 3.12. The Hall–Kier alpha value is -3.03. The summed E-state index contributed by atoms with van der Waals surface area (Å²) in [5.41, 5.74) is 1.23. The minimum Gasteiger partial charge on any atom is -0.477 e. The Labute approximate surface area is 166 Å². The van der Waals surface area contributed by atoms with Crippen LogP contribution < -0.4 is 21.0 Å². The molecule has 1 saturated heterocycles. The molecule has 152 valence electrons. The number of rotatable bonds is 5. The number of anilines is 1. The van der Waals surface area contributed by atoms with E-state index in [9.17, 15) is 14.7 Å². The number of aromatic carboxylic acids is 1. The number of pyridine rings is 1. The van der Waals surface area contributed by atoms with Crippen LogP contribution in [0.1, 0.15) is 48.5 Å². The van der Waals surface area contributed by atoms with Crippen molar-refractivity contribution in [1.29, 1.82) is 0 Å². The first-order valence-electron chi connectivity index (χ1n) is 10.1. The fraction of sp³-hybridized carbons (Fsp3) is 0.429. The van der Waals surface area contributed by atoms with Gasteiger partial charge in [-0.15, -0.1) is 0 Å². The molecule has 3 N–H and O–H groups in total. The summed E-state index contributed by atoms with van der Waals surface area (Å²) in [7, 11) is 0. The van der Waals surface area contributed by atoms with E-state index in [0.717, 1.165) is 50.9 Å². The highest BCUT2D eigenvalue weighted by atomic mass is 19.1. The number of nitrogens with one attached hydrogen (secondary N) is 2. The number of carboxylic acid groups (broad SMARTS) is 1. The Kier molecular flexibility index (Phi) is 4.22. The van der Waals surface area contributed by atoms with Gasteiger partial charge in [-0.2, -0.15) is 0 Å². The van der Waals surface area contributed by atoms with Crippen LogP contribution in [0.5, 0.6) is 0 Å². The van der Waals surface area contributed by atoms with Gasteiger partial charge in [0.05, 0.1) is 17.4 Å². The summed E-state index contributed by atoms with van der Waals surface area (Å²) in [5.74, 6) is -1.77. The Morgan fingerprint density at radius 3 is 2.79 bits per heavy atom. The monoisotopic (exact) mass is 398 g/mol. The molecule has 2 fully saturated rings. The van der Waals surface area contributed by atoms with E-state index in [1.165, 1.54) is 12.3 Å². The number of carbonyl (C=O) groups is 1. The predicted octanol–water partition coefficient (Wildman–Crippen LogP) is 2.52. The normalized spacial score (nSPS) is 21.3. The number of aromatic nitrogens is 1. The van der Waals surface area contributed by atoms with Crippen LogP contribution in [0.4, 0.5) is 10.1 Å². The van der Waals surface area contributed by atoms with Crippen LogP contribution in [-0.4, -0.2) is 34.9 Å². The van der Waals surface area contributed by atoms with Gasteiger partial charge in [0.2, 0.25) is 5.43 Å². The average molecular weight is 398 g/mol. The van der Waals surface area contributed by atoms with E-state index in [4.69, 9.17) is 0 Å². The van der Waals surface area contributed by atoms with Gasteiger partial charge in [-0.3, -0.25) is 4.79 Å². The van der Waals surface area contributed by atoms with E-state index in [-0.39, 0.29) is 23.2 Å². The molecule has 1 aliphatic carbocycles. The van der Waals surface area contributed by atoms with Crippen LogP contribution in [0.25, 0.3) is 10.9 Å². The van der Waals surface area contributed by atoms with Gasteiger partial charge in [0.25, 0.3) is 0 Å². The lowest BCUT2D eigenvalue weighted by atomic mass is 10.1. The molecule has 5 rings (SSSR count). The second kappa shape index (κ2) is 6.79. The van der Waals surface area contributed by atoms with Crippen LogP contribution in [0.15, 0.2) is 35.0 Å². The van der Waals surface area contributed by atoms with Gasteiger partial charge in [0, 0.05) is 49.0 Å². The molecule has 0 bridgehead atoms. The third-order valence-corrected chi connectivity index (χ3v) is 6.00. The Morgan fingerprint density at radius 1 is 1.28 bits per heavy atom. The van der Waals surface area contributed by atoms with E-state index >= 15 is 4.39 Å². The zero-order chi connectivity index (χ0) is 20.1. The van der Waals surface area contributed by atoms with E-state index in [1.807, 2.05) is 15.7 Å². The fourth-order valence-corrected chi connectivity index (χ4v) is 4.39. The number of hydrogen-bond acceptors (Lipinski definition) is 5. The highest BCUT2D eigenvalue weighted by molar-refractivity contribution is 5.93. The van der Waals surface area contributed by atoms with Crippen molar-refractivity contribution in [2.24, 2.45) is 0 Å². The SMILES string of the molecule is O=C(O)c1cn(C2CC2)c2cc(N3CCCC3NC3=CNCC3)c(F)cc2c1=O. The highest BCUT2D eigenvalue weighted by Gasteiger charge is 2.31. The lowest BCUT2D eigenvalue weighted by Crippen LogP contribution is -2.41. The molecule has 0 amide bonds. The van der Waals surface area contributed by atoms with Crippen molar-refractivity contribution in [3.05, 3.63) is 51.8 Å². The van der Waals surface area contributed by atoms with E-state index in [1.54, 1.807) is 6.07 Å². The molecule has 1 aromatic carbocycles. The molecule has 7 nitrogen and oxygen atoms in total. The second-order valence-electron chi connectivity index (χ2n) is 8.01. The van der Waals surface area contributed by atoms with Gasteiger partial charge in [-0.05, 0) is 37.8 Å². The van der Waals surface area contributed by atoms with Crippen molar-refractivity contribution >= 4 is 22.6 Å². The third-order valence-electron chi connectivity index (χ3n) is 6.00. The minimum absolute atomic E-state index is 0.00695. The van der Waals surface area contributed by atoms with E-state index in [2.05, 4.69) is 10.6 Å². The number of carboxylic acids is 1. The quantitative estimate of drug-likeness (QED) is 0.718. The molecule has 1 unspecified atom stereocenters. The molecule has 8 heteroatoms. The van der Waals surface area contributed by atoms with Crippen molar-refractivity contribution in [2.45, 2.75) is 44.3 Å². The van der Waals surface area contributed by atoms with Crippen LogP contribution in [0.3, 0.4) is 0 Å². The van der Waals surface area contributed by atoms with Crippen molar-refractivity contribution in [2.75, 3.05) is 18.0 Å². The molecule has 1 saturated carbocycles. The number of halogens is 1. The van der Waals surface area contributed by atoms with Crippen molar-refractivity contribution < 1.29 is 14.3 Å². The summed E-state index contributed by atoms with van der Waals surface area (Å²) in [4.78, 5) is 26.2. The maximum absolute atomic E-state index is 15.1. The first-order chi connectivity index (χ1) is 14.0. The zero-order valence-corrected chi connectivity index (χ0v) is 15.9. The summed E-state index contributed by atoms with van der Waals surface area (Å²) in [5, 5.41) is 16.2. The maximum Gasteiger partial charge on any atom is 0.341 e. The summed E-state index contributed by atoms with van der Waals surface area (Å²) < 4.78 is 17.0. The molecule has 2 aliphatic heterocycles. The predicted molar refractivity (Wildman–Crippen MR) is 108 cm³/mol. The minimum atomic E-state index is -1.28. The Morgan fingerprint density at radius 2 is 2.10 bits per heavy atom. The van der Waals surface area contributed by atoms with E-state index < -0.39 is 17.2 Å². The highest BCUT2D eigenvalue weighted by Crippen LogP contribution is 2.38. The molecule has 1 atom stereocenters. The topological polar surface area (TPSA) is 86.6 Å². The summed E-state index contributed by atoms with van der Waals surface area (Å²) in [6, 6.07) is 3.10. The first kappa shape index (κ1) is 18.0. The second-order valence-corrected chi connectivity index (χ2v) is 8.01. The standard InChI is InChI=1S/C21H23FN4O3/c22-16-8-14-17(26(13-3-4-13)11-15(20(14)27)21(28)29)9-18(16)25-7-1-2-19(25)24-12-5-6-23-10-12/h8-11,13,19,23-24H,1-7H2,(H,28,29). The zero-order valence-electron chi connectivity index (χ0n) is 15.9. The summed E-state index contributed by atoms with van der Waals surface area (Å²) in [6.07, 6.45) is 8.01. The molecular formula is C21H23FN4O3. The molecule has 0 spiro atoms. The van der Waals surface area contributed by atoms with Gasteiger partial charge in [0.15, 0.2) is 0 Å². The first-order valence-corrected chi connectivity index (χ1v) is 10.1. The summed E-state index contributed by atoms with van der Waals surface area (Å²) >= 11 is 0. The van der Waals surface area contributed by atoms with Gasteiger partial charge >= 0.3 is 5.97 Å². The number of hydrogen-bond donors (Lipinski definition) is 3. The lowest BCUT2D eigenvalue weighted by molar-refractivity contribution is 0.0695. The lowest BCUT2D eigenvalue weighted by Gasteiger charge is -2.29. The Bertz CT molecular complexity index is 1090. The van der Waals surface area contributed by atoms with Gasteiger partial charge in [0.1, 0.15) is 11.4 Å². The summed E-state index contributed by atoms with van der Waals surface area (Å²) in [6.45, 7) is 1.63. The molecule has 29 heavy (non-hydrogen) atoms. The Balaban J connectivity index is 1.60. The number of fused-ring (bicyclic) bond motifs is 1. The van der Waals surface area contributed by atoms with Gasteiger partial charge in [-0.25, -0.2) is 9.18 Å². The van der Waals surface area contributed by atoms with Crippen molar-refractivity contribution in [3.8, 4) is 0 Å². The van der Waals surface area contributed by atoms with Crippen LogP contribution >= 0.6 is 0 Å². The largest absolute Gasteiger partial charge is 0.477 e. The molecule has 3 aliphatic rings. The molecule has 3 heterocycles. The average Bonchev–Trinajstić information content (AvgIpc) is 3.21. The van der Waals surface area contributed by atoms with Crippen LogP contribution in [0.2, 0.25) is 0 Å². The van der Waals surface area contributed by atoms with Gasteiger partial charge in [-0.1, -0.05) is 0 Å². The van der Waals surface area contributed by atoms with Crippen LogP contribution in [-0.2, 0) is 0 Å². The van der Waals surface area contributed by atoms with Crippen molar-refractivity contribution in [1.82, 2.24) is 15.2 Å². The molecule has 0 radical (unpaired) electrons. The maximum atomic E-state index is 15.1. The van der Waals surface area contributed by atoms with Crippen LogP contribution in [0, 0.1) is 5.82 Å². The molecule has 2 aromatic rings. The number of nitrogens with zero attached hydrogens (tertiary/aromatic N) is 2. The molecular weight excluding hydrogens is 375 g/mol.